The molecule has 0 bridgehead atoms. The van der Waals surface area contributed by atoms with Gasteiger partial charge in [-0.25, -0.2) is 4.39 Å². The third-order valence-electron chi connectivity index (χ3n) is 3.51. The first kappa shape index (κ1) is 13.0. The lowest BCUT2D eigenvalue weighted by Crippen LogP contribution is -2.45. The Hall–Kier alpha value is -1.42. The molecule has 3 N–H and O–H groups in total. The van der Waals surface area contributed by atoms with Crippen molar-refractivity contribution in [1.82, 2.24) is 5.32 Å². The second kappa shape index (κ2) is 5.48. The third-order valence-corrected chi connectivity index (χ3v) is 3.51. The standard InChI is InChI=1S/C14H19FN2O/c1-9(6-14(16)18)17-13-7-11(8-13)10-2-4-12(15)5-3-10/h2-5,9,11,13,17H,6-8H2,1H3,(H2,16,18). The lowest BCUT2D eigenvalue weighted by Gasteiger charge is -2.38. The van der Waals surface area contributed by atoms with E-state index >= 15 is 0 Å². The minimum absolute atomic E-state index is 0.127. The molecule has 1 aliphatic rings. The van der Waals surface area contributed by atoms with Crippen LogP contribution in [0.15, 0.2) is 24.3 Å². The summed E-state index contributed by atoms with van der Waals surface area (Å²) in [6.45, 7) is 1.97. The van der Waals surface area contributed by atoms with Crippen molar-refractivity contribution in [3.63, 3.8) is 0 Å². The summed E-state index contributed by atoms with van der Waals surface area (Å²) >= 11 is 0. The van der Waals surface area contributed by atoms with E-state index in [4.69, 9.17) is 5.73 Å². The second-order valence-corrected chi connectivity index (χ2v) is 5.15. The molecule has 1 aromatic carbocycles. The molecule has 1 aromatic rings. The Balaban J connectivity index is 1.77. The summed E-state index contributed by atoms with van der Waals surface area (Å²) in [6, 6.07) is 7.28. The molecular formula is C14H19FN2O. The number of nitrogens with two attached hydrogens (primary N) is 1. The summed E-state index contributed by atoms with van der Waals surface area (Å²) in [5, 5.41) is 3.38. The molecule has 0 spiro atoms. The second-order valence-electron chi connectivity index (χ2n) is 5.15. The van der Waals surface area contributed by atoms with E-state index in [1.807, 2.05) is 19.1 Å². The van der Waals surface area contributed by atoms with Crippen LogP contribution in [0, 0.1) is 5.82 Å². The van der Waals surface area contributed by atoms with Gasteiger partial charge in [0.15, 0.2) is 0 Å². The molecule has 0 aliphatic heterocycles. The molecule has 1 aliphatic carbocycles. The van der Waals surface area contributed by atoms with Crippen molar-refractivity contribution < 1.29 is 9.18 Å². The van der Waals surface area contributed by atoms with Crippen molar-refractivity contribution in [2.24, 2.45) is 5.73 Å². The van der Waals surface area contributed by atoms with Gasteiger partial charge in [-0.1, -0.05) is 12.1 Å². The number of carbonyl (C=O) groups is 1. The summed E-state index contributed by atoms with van der Waals surface area (Å²) < 4.78 is 12.8. The van der Waals surface area contributed by atoms with Crippen LogP contribution >= 0.6 is 0 Å². The van der Waals surface area contributed by atoms with Crippen LogP contribution in [0.1, 0.15) is 37.7 Å². The Kier molecular flexibility index (Phi) is 3.97. The zero-order chi connectivity index (χ0) is 13.1. The predicted octanol–water partition coefficient (Wildman–Crippen LogP) is 1.93. The van der Waals surface area contributed by atoms with Gasteiger partial charge >= 0.3 is 0 Å². The molecule has 1 fully saturated rings. The van der Waals surface area contributed by atoms with Crippen LogP contribution in [-0.4, -0.2) is 18.0 Å². The van der Waals surface area contributed by atoms with Crippen molar-refractivity contribution in [3.8, 4) is 0 Å². The highest BCUT2D eigenvalue weighted by molar-refractivity contribution is 5.74. The average Bonchev–Trinajstić information content (AvgIpc) is 2.23. The van der Waals surface area contributed by atoms with Crippen molar-refractivity contribution in [3.05, 3.63) is 35.6 Å². The maximum Gasteiger partial charge on any atom is 0.218 e. The van der Waals surface area contributed by atoms with Crippen LogP contribution in [0.4, 0.5) is 4.39 Å². The molecule has 1 amide bonds. The highest BCUT2D eigenvalue weighted by Gasteiger charge is 2.30. The van der Waals surface area contributed by atoms with Gasteiger partial charge in [0.25, 0.3) is 0 Å². The Morgan fingerprint density at radius 2 is 2.06 bits per heavy atom. The van der Waals surface area contributed by atoms with Crippen molar-refractivity contribution in [2.45, 2.75) is 44.2 Å². The summed E-state index contributed by atoms with van der Waals surface area (Å²) in [4.78, 5) is 10.8. The van der Waals surface area contributed by atoms with Gasteiger partial charge < -0.3 is 11.1 Å². The van der Waals surface area contributed by atoms with Crippen LogP contribution in [0.25, 0.3) is 0 Å². The van der Waals surface area contributed by atoms with E-state index in [2.05, 4.69) is 5.32 Å². The fraction of sp³-hybridized carbons (Fsp3) is 0.500. The maximum absolute atomic E-state index is 12.8. The van der Waals surface area contributed by atoms with Crippen LogP contribution in [0.2, 0.25) is 0 Å². The lowest BCUT2D eigenvalue weighted by molar-refractivity contribution is -0.118. The van der Waals surface area contributed by atoms with Gasteiger partial charge in [0.2, 0.25) is 5.91 Å². The highest BCUT2D eigenvalue weighted by Crippen LogP contribution is 2.37. The molecule has 0 saturated heterocycles. The van der Waals surface area contributed by atoms with E-state index in [0.29, 0.717) is 18.4 Å². The van der Waals surface area contributed by atoms with Gasteiger partial charge in [0.1, 0.15) is 5.82 Å². The van der Waals surface area contributed by atoms with E-state index in [-0.39, 0.29) is 17.8 Å². The monoisotopic (exact) mass is 250 g/mol. The number of nitrogens with one attached hydrogen (secondary N) is 1. The number of rotatable bonds is 5. The van der Waals surface area contributed by atoms with E-state index in [1.54, 1.807) is 0 Å². The Morgan fingerprint density at radius 1 is 1.44 bits per heavy atom. The van der Waals surface area contributed by atoms with E-state index < -0.39 is 0 Å². The number of benzene rings is 1. The largest absolute Gasteiger partial charge is 0.370 e. The molecule has 1 atom stereocenters. The molecule has 3 nitrogen and oxygen atoms in total. The average molecular weight is 250 g/mol. The number of hydrogen-bond donors (Lipinski definition) is 2. The van der Waals surface area contributed by atoms with Gasteiger partial charge in [0, 0.05) is 18.5 Å². The first-order valence-electron chi connectivity index (χ1n) is 6.34. The molecular weight excluding hydrogens is 231 g/mol. The third kappa shape index (κ3) is 3.29. The van der Waals surface area contributed by atoms with Crippen molar-refractivity contribution >= 4 is 5.91 Å². The Bertz CT molecular complexity index is 412. The molecule has 2 rings (SSSR count). The molecule has 4 heteroatoms. The lowest BCUT2D eigenvalue weighted by atomic mass is 9.75. The van der Waals surface area contributed by atoms with Gasteiger partial charge in [-0.05, 0) is 43.4 Å². The van der Waals surface area contributed by atoms with Gasteiger partial charge in [0.05, 0.1) is 0 Å². The van der Waals surface area contributed by atoms with Crippen LogP contribution in [0.3, 0.4) is 0 Å². The SMILES string of the molecule is CC(CC(N)=O)NC1CC(c2ccc(F)cc2)C1. The first-order chi connectivity index (χ1) is 8.54. The Labute approximate surface area is 107 Å². The number of hydrogen-bond acceptors (Lipinski definition) is 2. The number of halogens is 1. The fourth-order valence-corrected chi connectivity index (χ4v) is 2.52. The maximum atomic E-state index is 12.8. The quantitative estimate of drug-likeness (QED) is 0.839. The van der Waals surface area contributed by atoms with E-state index in [0.717, 1.165) is 12.8 Å². The van der Waals surface area contributed by atoms with Crippen LogP contribution in [0.5, 0.6) is 0 Å². The molecule has 98 valence electrons. The molecule has 0 aromatic heterocycles. The smallest absolute Gasteiger partial charge is 0.218 e. The molecule has 0 heterocycles. The summed E-state index contributed by atoms with van der Waals surface area (Å²) in [5.41, 5.74) is 6.34. The zero-order valence-electron chi connectivity index (χ0n) is 10.5. The topological polar surface area (TPSA) is 55.1 Å². The zero-order valence-corrected chi connectivity index (χ0v) is 10.5. The summed E-state index contributed by atoms with van der Waals surface area (Å²) in [7, 11) is 0. The minimum Gasteiger partial charge on any atom is -0.370 e. The van der Waals surface area contributed by atoms with Gasteiger partial charge in [-0.15, -0.1) is 0 Å². The molecule has 0 radical (unpaired) electrons. The van der Waals surface area contributed by atoms with E-state index in [1.165, 1.54) is 17.7 Å². The van der Waals surface area contributed by atoms with Crippen molar-refractivity contribution in [2.75, 3.05) is 0 Å². The van der Waals surface area contributed by atoms with Gasteiger partial charge in [-0.3, -0.25) is 4.79 Å². The molecule has 18 heavy (non-hydrogen) atoms. The summed E-state index contributed by atoms with van der Waals surface area (Å²) in [5.74, 6) is 0.0381. The van der Waals surface area contributed by atoms with Crippen LogP contribution in [-0.2, 0) is 4.79 Å². The minimum atomic E-state index is -0.274. The fourth-order valence-electron chi connectivity index (χ4n) is 2.52. The first-order valence-corrected chi connectivity index (χ1v) is 6.34. The van der Waals surface area contributed by atoms with Crippen molar-refractivity contribution in [1.29, 1.82) is 0 Å². The molecule has 1 saturated carbocycles. The highest BCUT2D eigenvalue weighted by atomic mass is 19.1. The predicted molar refractivity (Wildman–Crippen MR) is 68.6 cm³/mol. The Morgan fingerprint density at radius 3 is 2.61 bits per heavy atom. The summed E-state index contributed by atoms with van der Waals surface area (Å²) in [6.07, 6.45) is 2.45. The number of primary amides is 1. The van der Waals surface area contributed by atoms with E-state index in [9.17, 15) is 9.18 Å². The number of carbonyl (C=O) groups excluding carboxylic acids is 1. The normalized spacial score (nSPS) is 24.3. The number of amides is 1. The molecule has 1 unspecified atom stereocenters. The van der Waals surface area contributed by atoms with Gasteiger partial charge in [-0.2, -0.15) is 0 Å². The van der Waals surface area contributed by atoms with Crippen LogP contribution < -0.4 is 11.1 Å².